The van der Waals surface area contributed by atoms with E-state index in [1.807, 2.05) is 19.1 Å². The maximum atomic E-state index is 11.8. The van der Waals surface area contributed by atoms with E-state index in [-0.39, 0.29) is 23.9 Å². The number of aliphatic hydroxyl groups is 1. The summed E-state index contributed by atoms with van der Waals surface area (Å²) >= 11 is 6.04. The fourth-order valence-corrected chi connectivity index (χ4v) is 5.82. The van der Waals surface area contributed by atoms with Gasteiger partial charge in [0.25, 0.3) is 0 Å². The van der Waals surface area contributed by atoms with E-state index in [9.17, 15) is 9.90 Å². The van der Waals surface area contributed by atoms with Crippen molar-refractivity contribution < 1.29 is 14.6 Å². The van der Waals surface area contributed by atoms with Crippen molar-refractivity contribution in [2.24, 2.45) is 23.7 Å². The molecule has 0 aliphatic heterocycles. The summed E-state index contributed by atoms with van der Waals surface area (Å²) < 4.78 is 5.53. The highest BCUT2D eigenvalue weighted by Gasteiger charge is 2.52. The summed E-state index contributed by atoms with van der Waals surface area (Å²) in [4.78, 5) is 14.0. The van der Waals surface area contributed by atoms with Crippen molar-refractivity contribution in [3.8, 4) is 0 Å². The lowest BCUT2D eigenvalue weighted by atomic mass is 9.57. The Morgan fingerprint density at radius 3 is 2.61 bits per heavy atom. The lowest BCUT2D eigenvalue weighted by Gasteiger charge is -2.53. The van der Waals surface area contributed by atoms with Crippen LogP contribution in [-0.4, -0.2) is 40.8 Å². The van der Waals surface area contributed by atoms with E-state index in [1.165, 1.54) is 12.5 Å². The fraction of sp³-hybridized carbons (Fsp3) is 0.654. The Kier molecular flexibility index (Phi) is 7.88. The summed E-state index contributed by atoms with van der Waals surface area (Å²) in [5, 5.41) is 12.5. The van der Waals surface area contributed by atoms with Gasteiger partial charge in [0, 0.05) is 37.4 Å². The molecule has 1 aromatic rings. The lowest BCUT2D eigenvalue weighted by Crippen LogP contribution is -2.56. The van der Waals surface area contributed by atoms with E-state index in [2.05, 4.69) is 43.9 Å². The molecule has 2 aliphatic carbocycles. The second-order valence-electron chi connectivity index (χ2n) is 9.80. The molecule has 0 saturated heterocycles. The van der Waals surface area contributed by atoms with Gasteiger partial charge in [-0.1, -0.05) is 50.6 Å². The van der Waals surface area contributed by atoms with Gasteiger partial charge in [-0.3, -0.25) is 9.69 Å². The number of fused-ring (bicyclic) bond motifs is 1. The minimum absolute atomic E-state index is 0.104. The van der Waals surface area contributed by atoms with Crippen LogP contribution in [0.1, 0.15) is 59.4 Å². The minimum atomic E-state index is -0.815. The molecule has 6 atom stereocenters. The van der Waals surface area contributed by atoms with E-state index in [4.69, 9.17) is 16.3 Å². The topological polar surface area (TPSA) is 49.8 Å². The zero-order valence-corrected chi connectivity index (χ0v) is 20.4. The highest BCUT2D eigenvalue weighted by Crippen LogP contribution is 2.51. The Hall–Kier alpha value is -1.36. The second-order valence-corrected chi connectivity index (χ2v) is 10.2. The molecule has 4 nitrogen and oxygen atoms in total. The van der Waals surface area contributed by atoms with Gasteiger partial charge in [-0.05, 0) is 67.3 Å². The Balaban J connectivity index is 1.75. The number of ether oxygens (including phenoxy) is 1. The Morgan fingerprint density at radius 1 is 1.32 bits per heavy atom. The van der Waals surface area contributed by atoms with Crippen molar-refractivity contribution in [2.45, 2.75) is 72.1 Å². The number of carbonyl (C=O) groups is 1. The minimum Gasteiger partial charge on any atom is -0.458 e. The average molecular weight is 448 g/mol. The average Bonchev–Trinajstić information content (AvgIpc) is 2.71. The van der Waals surface area contributed by atoms with Crippen LogP contribution in [0.2, 0.25) is 5.02 Å². The molecule has 3 rings (SSSR count). The van der Waals surface area contributed by atoms with Gasteiger partial charge in [0.05, 0.1) is 5.60 Å². The summed E-state index contributed by atoms with van der Waals surface area (Å²) in [6.45, 7) is 13.0. The van der Waals surface area contributed by atoms with Gasteiger partial charge >= 0.3 is 5.97 Å². The largest absolute Gasteiger partial charge is 0.458 e. The van der Waals surface area contributed by atoms with Crippen LogP contribution < -0.4 is 0 Å². The molecule has 1 fully saturated rings. The molecule has 0 spiro atoms. The Labute approximate surface area is 192 Å². The monoisotopic (exact) mass is 447 g/mol. The standard InChI is InChI=1S/C26H38ClNO3/c1-6-28(16-21-8-10-22(27)11-9-21)15-18(3)23-12-7-19(4)26(30)14-25(31-20(5)29)17(2)13-24(23)26/h8-11,13,18-19,23-25,30H,6-7,12,14-16H2,1-5H3/t18-,19-,23+,24-,25-,26-/m1/s1. The molecule has 0 bridgehead atoms. The van der Waals surface area contributed by atoms with E-state index >= 15 is 0 Å². The second kappa shape index (κ2) is 10.1. The zero-order valence-electron chi connectivity index (χ0n) is 19.6. The number of rotatable bonds is 7. The van der Waals surface area contributed by atoms with E-state index < -0.39 is 5.60 Å². The van der Waals surface area contributed by atoms with Crippen LogP contribution in [0.25, 0.3) is 0 Å². The van der Waals surface area contributed by atoms with Crippen LogP contribution in [0, 0.1) is 23.7 Å². The third-order valence-corrected chi connectivity index (χ3v) is 7.89. The molecule has 1 saturated carbocycles. The normalized spacial score (nSPS) is 31.7. The van der Waals surface area contributed by atoms with Crippen LogP contribution in [0.5, 0.6) is 0 Å². The van der Waals surface area contributed by atoms with Crippen LogP contribution in [0.4, 0.5) is 0 Å². The van der Waals surface area contributed by atoms with E-state index in [0.29, 0.717) is 18.3 Å². The molecule has 5 heteroatoms. The molecule has 0 radical (unpaired) electrons. The SMILES string of the molecule is CCN(Cc1ccc(Cl)cc1)C[C@@H](C)[C@@H]1CC[C@@H](C)[C@]2(O)C[C@@H](OC(C)=O)C(C)=C[C@H]12. The number of esters is 1. The van der Waals surface area contributed by atoms with Gasteiger partial charge in [-0.2, -0.15) is 0 Å². The van der Waals surface area contributed by atoms with Crippen molar-refractivity contribution in [3.05, 3.63) is 46.5 Å². The first kappa shape index (κ1) is 24.3. The summed E-state index contributed by atoms with van der Waals surface area (Å²) in [6, 6.07) is 8.09. The van der Waals surface area contributed by atoms with Crippen LogP contribution >= 0.6 is 11.6 Å². The Bertz CT molecular complexity index is 792. The third-order valence-electron chi connectivity index (χ3n) is 7.64. The lowest BCUT2D eigenvalue weighted by molar-refractivity contribution is -0.159. The number of carbonyl (C=O) groups excluding carboxylic acids is 1. The predicted octanol–water partition coefficient (Wildman–Crippen LogP) is 5.47. The van der Waals surface area contributed by atoms with Crippen LogP contribution in [0.3, 0.4) is 0 Å². The number of hydrogen-bond donors (Lipinski definition) is 1. The number of benzene rings is 1. The third kappa shape index (κ3) is 5.53. The molecule has 0 aromatic heterocycles. The maximum Gasteiger partial charge on any atom is 0.303 e. The van der Waals surface area contributed by atoms with Gasteiger partial charge in [0.1, 0.15) is 6.10 Å². The molecular weight excluding hydrogens is 410 g/mol. The summed E-state index contributed by atoms with van der Waals surface area (Å²) in [5.74, 6) is 0.875. The first-order valence-corrected chi connectivity index (χ1v) is 12.1. The predicted molar refractivity (Wildman–Crippen MR) is 126 cm³/mol. The van der Waals surface area contributed by atoms with Crippen LogP contribution in [0.15, 0.2) is 35.9 Å². The molecule has 0 amide bonds. The van der Waals surface area contributed by atoms with Gasteiger partial charge in [0.2, 0.25) is 0 Å². The molecule has 1 aromatic carbocycles. The molecule has 0 heterocycles. The summed E-state index contributed by atoms with van der Waals surface area (Å²) in [7, 11) is 0. The number of nitrogens with zero attached hydrogens (tertiary/aromatic N) is 1. The van der Waals surface area contributed by atoms with Crippen molar-refractivity contribution in [1.29, 1.82) is 0 Å². The highest BCUT2D eigenvalue weighted by atomic mass is 35.5. The zero-order chi connectivity index (χ0) is 22.8. The van der Waals surface area contributed by atoms with Gasteiger partial charge in [-0.25, -0.2) is 0 Å². The fourth-order valence-electron chi connectivity index (χ4n) is 5.69. The van der Waals surface area contributed by atoms with E-state index in [1.54, 1.807) is 0 Å². The van der Waals surface area contributed by atoms with Crippen molar-refractivity contribution in [2.75, 3.05) is 13.1 Å². The van der Waals surface area contributed by atoms with Crippen LogP contribution in [-0.2, 0) is 16.1 Å². The highest BCUT2D eigenvalue weighted by molar-refractivity contribution is 6.30. The summed E-state index contributed by atoms with van der Waals surface area (Å²) in [5.41, 5.74) is 1.53. The molecule has 1 N–H and O–H groups in total. The number of halogens is 1. The molecular formula is C26H38ClNO3. The molecule has 2 aliphatic rings. The van der Waals surface area contributed by atoms with Crippen molar-refractivity contribution in [3.63, 3.8) is 0 Å². The first-order valence-electron chi connectivity index (χ1n) is 11.7. The smallest absolute Gasteiger partial charge is 0.303 e. The quantitative estimate of drug-likeness (QED) is 0.444. The first-order chi connectivity index (χ1) is 14.6. The van der Waals surface area contributed by atoms with Gasteiger partial charge < -0.3 is 9.84 Å². The maximum absolute atomic E-state index is 11.8. The molecule has 0 unspecified atom stereocenters. The Morgan fingerprint density at radius 2 is 2.00 bits per heavy atom. The molecule has 31 heavy (non-hydrogen) atoms. The van der Waals surface area contributed by atoms with Gasteiger partial charge in [-0.15, -0.1) is 0 Å². The van der Waals surface area contributed by atoms with Crippen molar-refractivity contribution in [1.82, 2.24) is 4.90 Å². The van der Waals surface area contributed by atoms with E-state index in [0.717, 1.165) is 43.1 Å². The summed E-state index contributed by atoms with van der Waals surface area (Å²) in [6.07, 6.45) is 4.53. The van der Waals surface area contributed by atoms with Gasteiger partial charge in [0.15, 0.2) is 0 Å². The number of hydrogen-bond acceptors (Lipinski definition) is 4. The molecule has 172 valence electrons. The van der Waals surface area contributed by atoms with Crippen molar-refractivity contribution >= 4 is 17.6 Å².